The van der Waals surface area contributed by atoms with Crippen molar-refractivity contribution in [1.82, 2.24) is 5.43 Å². The summed E-state index contributed by atoms with van der Waals surface area (Å²) in [5.41, 5.74) is 2.02. The number of rotatable bonds is 7. The topological polar surface area (TPSA) is 157 Å². The Bertz CT molecular complexity index is 927. The number of aromatic hydroxyl groups is 1. The zero-order valence-electron chi connectivity index (χ0n) is 14.0. The summed E-state index contributed by atoms with van der Waals surface area (Å²) in [6, 6.07) is 8.13. The molecule has 2 rings (SSSR count). The van der Waals surface area contributed by atoms with E-state index in [-0.39, 0.29) is 17.0 Å². The summed E-state index contributed by atoms with van der Waals surface area (Å²) in [4.78, 5) is 32.1. The number of nitrogens with one attached hydrogen (secondary N) is 1. The molecular weight excluding hydrogens is 360 g/mol. The van der Waals surface area contributed by atoms with Gasteiger partial charge in [-0.25, -0.2) is 5.43 Å². The first-order chi connectivity index (χ1) is 12.8. The van der Waals surface area contributed by atoms with Crippen LogP contribution < -0.4 is 10.2 Å². The standard InChI is InChI=1S/C16H14N4O7/c1-10-5-6-14(13(7-10)20(25)26)27-9-15(21)18-17-8-11-3-2-4-12(16(11)22)19(23)24/h2-8,22H,9H2,1H3,(H,18,21)/b17-8+. The lowest BCUT2D eigenvalue weighted by molar-refractivity contribution is -0.386. The first-order valence-corrected chi connectivity index (χ1v) is 7.45. The van der Waals surface area contributed by atoms with Crippen molar-refractivity contribution in [2.45, 2.75) is 6.92 Å². The highest BCUT2D eigenvalue weighted by Gasteiger charge is 2.17. The number of nitrogens with zero attached hydrogens (tertiary/aromatic N) is 3. The molecule has 2 aromatic rings. The number of ether oxygens (including phenoxy) is 1. The van der Waals surface area contributed by atoms with Crippen LogP contribution in [0.5, 0.6) is 11.5 Å². The third-order valence-electron chi connectivity index (χ3n) is 3.31. The van der Waals surface area contributed by atoms with E-state index in [0.717, 1.165) is 12.3 Å². The van der Waals surface area contributed by atoms with Crippen LogP contribution in [-0.4, -0.2) is 33.7 Å². The molecule has 0 atom stereocenters. The van der Waals surface area contributed by atoms with Gasteiger partial charge < -0.3 is 9.84 Å². The van der Waals surface area contributed by atoms with E-state index in [9.17, 15) is 30.1 Å². The van der Waals surface area contributed by atoms with Crippen LogP contribution in [0.1, 0.15) is 11.1 Å². The molecule has 0 saturated carbocycles. The van der Waals surface area contributed by atoms with Crippen molar-refractivity contribution in [2.24, 2.45) is 5.10 Å². The number of hydrogen-bond donors (Lipinski definition) is 2. The molecule has 0 aliphatic carbocycles. The highest BCUT2D eigenvalue weighted by Crippen LogP contribution is 2.28. The fourth-order valence-corrected chi connectivity index (χ4v) is 2.04. The average Bonchev–Trinajstić information content (AvgIpc) is 2.61. The average molecular weight is 374 g/mol. The fourth-order valence-electron chi connectivity index (χ4n) is 2.04. The second kappa shape index (κ2) is 8.38. The van der Waals surface area contributed by atoms with Crippen molar-refractivity contribution < 1.29 is 24.5 Å². The first kappa shape index (κ1) is 19.3. The van der Waals surface area contributed by atoms with Gasteiger partial charge in [0.2, 0.25) is 5.75 Å². The molecule has 0 aliphatic rings. The number of hydrazone groups is 1. The number of nitro groups is 2. The minimum atomic E-state index is -0.756. The van der Waals surface area contributed by atoms with Gasteiger partial charge in [0, 0.05) is 17.7 Å². The molecule has 0 radical (unpaired) electrons. The first-order valence-electron chi connectivity index (χ1n) is 7.45. The smallest absolute Gasteiger partial charge is 0.311 e. The number of nitro benzene ring substituents is 2. The van der Waals surface area contributed by atoms with Gasteiger partial charge in [0.25, 0.3) is 5.91 Å². The van der Waals surface area contributed by atoms with E-state index < -0.39 is 33.8 Å². The number of carbonyl (C=O) groups excluding carboxylic acids is 1. The molecule has 2 aromatic carbocycles. The molecule has 0 heterocycles. The quantitative estimate of drug-likeness (QED) is 0.426. The zero-order chi connectivity index (χ0) is 20.0. The lowest BCUT2D eigenvalue weighted by Gasteiger charge is -2.06. The molecule has 0 saturated heterocycles. The normalized spacial score (nSPS) is 10.6. The third-order valence-corrected chi connectivity index (χ3v) is 3.31. The van der Waals surface area contributed by atoms with Crippen molar-refractivity contribution in [3.8, 4) is 11.5 Å². The number of aryl methyl sites for hydroxylation is 1. The number of phenolic OH excluding ortho intramolecular Hbond substituents is 1. The molecule has 2 N–H and O–H groups in total. The lowest BCUT2D eigenvalue weighted by Crippen LogP contribution is -2.24. The summed E-state index contributed by atoms with van der Waals surface area (Å²) in [6.45, 7) is 1.14. The Morgan fingerprint density at radius 2 is 1.93 bits per heavy atom. The number of hydrogen-bond acceptors (Lipinski definition) is 8. The Labute approximate surface area is 152 Å². The molecular formula is C16H14N4O7. The number of benzene rings is 2. The van der Waals surface area contributed by atoms with Gasteiger partial charge in [-0.2, -0.15) is 5.10 Å². The largest absolute Gasteiger partial charge is 0.502 e. The SMILES string of the molecule is Cc1ccc(OCC(=O)N/N=C/c2cccc([N+](=O)[O-])c2O)c([N+](=O)[O-])c1. The summed E-state index contributed by atoms with van der Waals surface area (Å²) >= 11 is 0. The van der Waals surface area contributed by atoms with Crippen molar-refractivity contribution in [3.63, 3.8) is 0 Å². The molecule has 0 spiro atoms. The number of amides is 1. The van der Waals surface area contributed by atoms with Gasteiger partial charge in [0.05, 0.1) is 16.1 Å². The van der Waals surface area contributed by atoms with Gasteiger partial charge in [0.1, 0.15) is 0 Å². The Balaban J connectivity index is 1.98. The third kappa shape index (κ3) is 4.98. The Morgan fingerprint density at radius 1 is 1.22 bits per heavy atom. The highest BCUT2D eigenvalue weighted by molar-refractivity contribution is 5.87. The van der Waals surface area contributed by atoms with Crippen LogP contribution in [0.2, 0.25) is 0 Å². The molecule has 0 unspecified atom stereocenters. The zero-order valence-corrected chi connectivity index (χ0v) is 14.0. The Morgan fingerprint density at radius 3 is 2.59 bits per heavy atom. The lowest BCUT2D eigenvalue weighted by atomic mass is 10.2. The summed E-state index contributed by atoms with van der Waals surface area (Å²) in [7, 11) is 0. The molecule has 0 bridgehead atoms. The van der Waals surface area contributed by atoms with Crippen LogP contribution in [0, 0.1) is 27.2 Å². The van der Waals surface area contributed by atoms with Crippen LogP contribution in [-0.2, 0) is 4.79 Å². The Kier molecular flexibility index (Phi) is 5.99. The molecule has 27 heavy (non-hydrogen) atoms. The van der Waals surface area contributed by atoms with Crippen molar-refractivity contribution >= 4 is 23.5 Å². The molecule has 1 amide bonds. The summed E-state index contributed by atoms with van der Waals surface area (Å²) < 4.78 is 5.13. The van der Waals surface area contributed by atoms with E-state index in [0.29, 0.717) is 5.56 Å². The monoisotopic (exact) mass is 374 g/mol. The van der Waals surface area contributed by atoms with Crippen LogP contribution in [0.3, 0.4) is 0 Å². The predicted molar refractivity (Wildman–Crippen MR) is 93.8 cm³/mol. The van der Waals surface area contributed by atoms with Crippen LogP contribution in [0.25, 0.3) is 0 Å². The minimum Gasteiger partial charge on any atom is -0.502 e. The molecule has 140 valence electrons. The predicted octanol–water partition coefficient (Wildman–Crippen LogP) is 2.05. The van der Waals surface area contributed by atoms with Gasteiger partial charge >= 0.3 is 11.4 Å². The maximum atomic E-state index is 11.7. The van der Waals surface area contributed by atoms with Gasteiger partial charge in [-0.05, 0) is 24.6 Å². The molecule has 0 aromatic heterocycles. The van der Waals surface area contributed by atoms with E-state index in [1.165, 1.54) is 24.3 Å². The molecule has 11 nitrogen and oxygen atoms in total. The van der Waals surface area contributed by atoms with Crippen molar-refractivity contribution in [2.75, 3.05) is 6.61 Å². The van der Waals surface area contributed by atoms with Crippen molar-refractivity contribution in [1.29, 1.82) is 0 Å². The van der Waals surface area contributed by atoms with E-state index >= 15 is 0 Å². The second-order valence-electron chi connectivity index (χ2n) is 5.28. The number of para-hydroxylation sites is 1. The van der Waals surface area contributed by atoms with Gasteiger partial charge in [-0.3, -0.25) is 25.0 Å². The summed E-state index contributed by atoms with van der Waals surface area (Å²) in [5, 5.41) is 35.0. The van der Waals surface area contributed by atoms with E-state index in [2.05, 4.69) is 10.5 Å². The number of carbonyl (C=O) groups is 1. The highest BCUT2D eigenvalue weighted by atomic mass is 16.6. The Hall–Kier alpha value is -4.02. The molecule has 0 fully saturated rings. The maximum Gasteiger partial charge on any atom is 0.311 e. The van der Waals surface area contributed by atoms with E-state index in [1.807, 2.05) is 0 Å². The molecule has 11 heteroatoms. The minimum absolute atomic E-state index is 0.0274. The molecule has 0 aliphatic heterocycles. The van der Waals surface area contributed by atoms with E-state index in [1.54, 1.807) is 13.0 Å². The maximum absolute atomic E-state index is 11.7. The summed E-state index contributed by atoms with van der Waals surface area (Å²) in [5.74, 6) is -1.38. The van der Waals surface area contributed by atoms with Gasteiger partial charge in [0.15, 0.2) is 12.4 Å². The van der Waals surface area contributed by atoms with Crippen LogP contribution in [0.15, 0.2) is 41.5 Å². The van der Waals surface area contributed by atoms with E-state index in [4.69, 9.17) is 4.74 Å². The van der Waals surface area contributed by atoms with Crippen LogP contribution in [0.4, 0.5) is 11.4 Å². The van der Waals surface area contributed by atoms with Crippen molar-refractivity contribution in [3.05, 3.63) is 67.8 Å². The van der Waals surface area contributed by atoms with Gasteiger partial charge in [-0.15, -0.1) is 0 Å². The second-order valence-corrected chi connectivity index (χ2v) is 5.28. The van der Waals surface area contributed by atoms with Gasteiger partial charge in [-0.1, -0.05) is 12.1 Å². The van der Waals surface area contributed by atoms with Crippen LogP contribution >= 0.6 is 0 Å². The summed E-state index contributed by atoms with van der Waals surface area (Å²) in [6.07, 6.45) is 1.02. The fraction of sp³-hybridized carbons (Fsp3) is 0.125. The number of phenols is 1.